The lowest BCUT2D eigenvalue weighted by Crippen LogP contribution is -2.51. The van der Waals surface area contributed by atoms with Gasteiger partial charge in [-0.15, -0.1) is 0 Å². The molecule has 2 aliphatic heterocycles. The Hall–Kier alpha value is -3.00. The molecular formula is C21H24N6O2. The zero-order chi connectivity index (χ0) is 20.2. The molecule has 2 N–H and O–H groups in total. The van der Waals surface area contributed by atoms with E-state index in [1.54, 1.807) is 12.4 Å². The molecule has 0 bridgehead atoms. The van der Waals surface area contributed by atoms with Gasteiger partial charge < -0.3 is 15.4 Å². The Kier molecular flexibility index (Phi) is 4.06. The molecule has 1 saturated heterocycles. The van der Waals surface area contributed by atoms with Crippen molar-refractivity contribution in [3.8, 4) is 0 Å². The number of carbonyl (C=O) groups excluding carboxylic acids is 1. The lowest BCUT2D eigenvalue weighted by molar-refractivity contribution is -0.106. The Balaban J connectivity index is 1.38. The molecule has 0 aliphatic carbocycles. The predicted molar refractivity (Wildman–Crippen MR) is 109 cm³/mol. The predicted octanol–water partition coefficient (Wildman–Crippen LogP) is 2.11. The number of benzene rings is 1. The molecule has 8 nitrogen and oxygen atoms in total. The molecule has 0 radical (unpaired) electrons. The van der Waals surface area contributed by atoms with E-state index in [0.717, 1.165) is 48.3 Å². The van der Waals surface area contributed by atoms with Gasteiger partial charge in [0, 0.05) is 18.5 Å². The Morgan fingerprint density at radius 1 is 1.14 bits per heavy atom. The molecule has 8 heteroatoms. The van der Waals surface area contributed by atoms with Gasteiger partial charge >= 0.3 is 0 Å². The second kappa shape index (κ2) is 6.52. The number of hydrogen-bond acceptors (Lipinski definition) is 6. The van der Waals surface area contributed by atoms with Crippen LogP contribution in [0.4, 0.5) is 5.82 Å². The molecule has 0 unspecified atom stereocenters. The zero-order valence-electron chi connectivity index (χ0n) is 16.7. The summed E-state index contributed by atoms with van der Waals surface area (Å²) in [4.78, 5) is 22.8. The molecule has 3 aromatic rings. The van der Waals surface area contributed by atoms with Crippen LogP contribution in [0.1, 0.15) is 40.2 Å². The average molecular weight is 392 g/mol. The maximum atomic E-state index is 11.4. The third-order valence-corrected chi connectivity index (χ3v) is 6.28. The summed E-state index contributed by atoms with van der Waals surface area (Å²) < 4.78 is 8.14. The molecule has 2 aliphatic rings. The van der Waals surface area contributed by atoms with Crippen LogP contribution >= 0.6 is 0 Å². The topological polar surface area (TPSA) is 99.2 Å². The van der Waals surface area contributed by atoms with Gasteiger partial charge in [0.05, 0.1) is 30.0 Å². The van der Waals surface area contributed by atoms with Gasteiger partial charge in [-0.3, -0.25) is 9.48 Å². The highest BCUT2D eigenvalue weighted by Gasteiger charge is 2.40. The summed E-state index contributed by atoms with van der Waals surface area (Å²) in [5.41, 5.74) is 9.77. The largest absolute Gasteiger partial charge is 0.367 e. The molecule has 5 rings (SSSR count). The third-order valence-electron chi connectivity index (χ3n) is 6.28. The van der Waals surface area contributed by atoms with E-state index < -0.39 is 5.91 Å². The van der Waals surface area contributed by atoms with Crippen molar-refractivity contribution in [1.82, 2.24) is 19.7 Å². The molecule has 4 heterocycles. The quantitative estimate of drug-likeness (QED) is 0.717. The van der Waals surface area contributed by atoms with E-state index in [4.69, 9.17) is 10.5 Å². The molecule has 150 valence electrons. The second-order valence-corrected chi connectivity index (χ2v) is 8.15. The molecule has 1 fully saturated rings. The molecule has 0 atom stereocenters. The average Bonchev–Trinajstić information content (AvgIpc) is 3.13. The molecule has 2 aromatic heterocycles. The minimum absolute atomic E-state index is 0.264. The number of hydrogen-bond donors (Lipinski definition) is 1. The molecule has 1 aromatic carbocycles. The number of piperidine rings is 1. The van der Waals surface area contributed by atoms with Gasteiger partial charge in [0.15, 0.2) is 0 Å². The fourth-order valence-electron chi connectivity index (χ4n) is 4.36. The maximum absolute atomic E-state index is 11.4. The fourth-order valence-corrected chi connectivity index (χ4v) is 4.36. The van der Waals surface area contributed by atoms with Crippen molar-refractivity contribution in [3.05, 3.63) is 47.0 Å². The minimum atomic E-state index is -0.503. The number of fused-ring (bicyclic) bond motifs is 2. The van der Waals surface area contributed by atoms with Gasteiger partial charge in [-0.1, -0.05) is 0 Å². The molecule has 0 saturated carbocycles. The Morgan fingerprint density at radius 3 is 2.66 bits per heavy atom. The summed E-state index contributed by atoms with van der Waals surface area (Å²) in [7, 11) is 0. The number of aryl methyl sites for hydroxylation is 2. The minimum Gasteiger partial charge on any atom is -0.367 e. The van der Waals surface area contributed by atoms with Crippen molar-refractivity contribution in [2.75, 3.05) is 18.0 Å². The fraction of sp³-hybridized carbons (Fsp3) is 0.429. The molecule has 1 amide bonds. The highest BCUT2D eigenvalue weighted by atomic mass is 16.5. The lowest BCUT2D eigenvalue weighted by Gasteiger charge is -2.44. The Morgan fingerprint density at radius 2 is 1.90 bits per heavy atom. The number of primary amides is 1. The van der Waals surface area contributed by atoms with Crippen LogP contribution < -0.4 is 10.6 Å². The molecular weight excluding hydrogens is 368 g/mol. The zero-order valence-corrected chi connectivity index (χ0v) is 16.7. The van der Waals surface area contributed by atoms with Crippen molar-refractivity contribution in [1.29, 1.82) is 0 Å². The summed E-state index contributed by atoms with van der Waals surface area (Å²) >= 11 is 0. The summed E-state index contributed by atoms with van der Waals surface area (Å²) in [6, 6.07) is 6.03. The summed E-state index contributed by atoms with van der Waals surface area (Å²) in [5.74, 6) is 0.483. The van der Waals surface area contributed by atoms with E-state index in [0.29, 0.717) is 18.8 Å². The molecule has 29 heavy (non-hydrogen) atoms. The monoisotopic (exact) mass is 392 g/mol. The standard InChI is InChI=1S/C21H24N6O2/c1-13-7-16-17(8-14(13)2)23-12-24-20(16)26-5-3-21(4-6-26)11-27-15(10-29-21)9-18(25-27)19(22)28/h7-9,12H,3-6,10-11H2,1-2H3,(H2,22,28). The normalized spacial score (nSPS) is 18.2. The van der Waals surface area contributed by atoms with Crippen LogP contribution in [0.5, 0.6) is 0 Å². The van der Waals surface area contributed by atoms with E-state index >= 15 is 0 Å². The number of rotatable bonds is 2. The first-order chi connectivity index (χ1) is 13.9. The van der Waals surface area contributed by atoms with Crippen LogP contribution in [-0.2, 0) is 17.9 Å². The number of nitrogens with two attached hydrogens (primary N) is 1. The number of ether oxygens (including phenoxy) is 1. The first-order valence-corrected chi connectivity index (χ1v) is 9.91. The first-order valence-electron chi connectivity index (χ1n) is 9.91. The van der Waals surface area contributed by atoms with Crippen LogP contribution in [0.3, 0.4) is 0 Å². The van der Waals surface area contributed by atoms with Crippen LogP contribution in [0, 0.1) is 13.8 Å². The summed E-state index contributed by atoms with van der Waals surface area (Å²) in [6.45, 7) is 7.02. The number of carbonyl (C=O) groups is 1. The van der Waals surface area contributed by atoms with Crippen LogP contribution in [0.25, 0.3) is 10.9 Å². The van der Waals surface area contributed by atoms with Gasteiger partial charge in [0.1, 0.15) is 17.8 Å². The number of amides is 1. The molecule has 1 spiro atoms. The van der Waals surface area contributed by atoms with Crippen LogP contribution in [-0.4, -0.2) is 44.3 Å². The second-order valence-electron chi connectivity index (χ2n) is 8.15. The Bertz CT molecular complexity index is 1110. The van der Waals surface area contributed by atoms with Crippen LogP contribution in [0.2, 0.25) is 0 Å². The van der Waals surface area contributed by atoms with Gasteiger partial charge in [-0.05, 0) is 56.0 Å². The number of anilines is 1. The van der Waals surface area contributed by atoms with Crippen molar-refractivity contribution in [2.45, 2.75) is 45.4 Å². The first kappa shape index (κ1) is 18.1. The highest BCUT2D eigenvalue weighted by Crippen LogP contribution is 2.36. The summed E-state index contributed by atoms with van der Waals surface area (Å²) in [5, 5.41) is 5.46. The van der Waals surface area contributed by atoms with Crippen molar-refractivity contribution < 1.29 is 9.53 Å². The SMILES string of the molecule is Cc1cc2ncnc(N3CCC4(CC3)Cn3nc(C(N)=O)cc3CO4)c2cc1C. The Labute approximate surface area is 168 Å². The number of nitrogens with zero attached hydrogens (tertiary/aromatic N) is 5. The van der Waals surface area contributed by atoms with E-state index in [-0.39, 0.29) is 5.60 Å². The number of aromatic nitrogens is 4. The smallest absolute Gasteiger partial charge is 0.269 e. The van der Waals surface area contributed by atoms with Gasteiger partial charge in [-0.25, -0.2) is 9.97 Å². The highest BCUT2D eigenvalue weighted by molar-refractivity contribution is 5.91. The van der Waals surface area contributed by atoms with Crippen molar-refractivity contribution in [3.63, 3.8) is 0 Å². The maximum Gasteiger partial charge on any atom is 0.269 e. The van der Waals surface area contributed by atoms with E-state index in [9.17, 15) is 4.79 Å². The third kappa shape index (κ3) is 3.04. The van der Waals surface area contributed by atoms with Gasteiger partial charge in [0.2, 0.25) is 0 Å². The van der Waals surface area contributed by atoms with E-state index in [2.05, 4.69) is 45.9 Å². The van der Waals surface area contributed by atoms with Gasteiger partial charge in [-0.2, -0.15) is 5.10 Å². The lowest BCUT2D eigenvalue weighted by atomic mass is 9.89. The van der Waals surface area contributed by atoms with E-state index in [1.165, 1.54) is 11.1 Å². The van der Waals surface area contributed by atoms with Gasteiger partial charge in [0.25, 0.3) is 5.91 Å². The van der Waals surface area contributed by atoms with Crippen LogP contribution in [0.15, 0.2) is 24.5 Å². The van der Waals surface area contributed by atoms with E-state index in [1.807, 2.05) is 4.68 Å². The van der Waals surface area contributed by atoms with Crippen molar-refractivity contribution in [2.24, 2.45) is 5.73 Å². The summed E-state index contributed by atoms with van der Waals surface area (Å²) in [6.07, 6.45) is 3.39. The van der Waals surface area contributed by atoms with Crippen molar-refractivity contribution >= 4 is 22.6 Å².